The van der Waals surface area contributed by atoms with Crippen molar-refractivity contribution >= 4 is 0 Å². The van der Waals surface area contributed by atoms with E-state index in [9.17, 15) is 0 Å². The standard InChI is InChI=1S/C16H20/c1-12(2)16(13(3)4)10-9-14-7-5-6-8-15(14)11-16/h5-8H,1,3,9-11H2,2,4H3. The van der Waals surface area contributed by atoms with Gasteiger partial charge in [-0.15, -0.1) is 0 Å². The van der Waals surface area contributed by atoms with E-state index in [1.807, 2.05) is 0 Å². The zero-order valence-electron chi connectivity index (χ0n) is 10.3. The van der Waals surface area contributed by atoms with E-state index >= 15 is 0 Å². The molecule has 0 heterocycles. The van der Waals surface area contributed by atoms with E-state index in [2.05, 4.69) is 51.3 Å². The van der Waals surface area contributed by atoms with Crippen molar-refractivity contribution in [2.24, 2.45) is 5.41 Å². The maximum atomic E-state index is 4.18. The number of hydrogen-bond donors (Lipinski definition) is 0. The topological polar surface area (TPSA) is 0 Å². The van der Waals surface area contributed by atoms with Crippen LogP contribution >= 0.6 is 0 Å². The maximum Gasteiger partial charge on any atom is 0.0153 e. The molecule has 84 valence electrons. The van der Waals surface area contributed by atoms with Crippen LogP contribution in [0.5, 0.6) is 0 Å². The van der Waals surface area contributed by atoms with Crippen LogP contribution in [-0.4, -0.2) is 0 Å². The van der Waals surface area contributed by atoms with Gasteiger partial charge in [0, 0.05) is 5.41 Å². The van der Waals surface area contributed by atoms with Crippen molar-refractivity contribution < 1.29 is 0 Å². The summed E-state index contributed by atoms with van der Waals surface area (Å²) < 4.78 is 0. The van der Waals surface area contributed by atoms with Gasteiger partial charge in [0.05, 0.1) is 0 Å². The molecule has 0 heteroatoms. The summed E-state index contributed by atoms with van der Waals surface area (Å²) in [5, 5.41) is 0. The van der Waals surface area contributed by atoms with Crippen molar-refractivity contribution in [3.05, 3.63) is 59.7 Å². The Bertz CT molecular complexity index is 423. The summed E-state index contributed by atoms with van der Waals surface area (Å²) in [6.07, 6.45) is 3.39. The first kappa shape index (κ1) is 11.2. The lowest BCUT2D eigenvalue weighted by atomic mass is 9.64. The molecule has 1 aliphatic rings. The van der Waals surface area contributed by atoms with Gasteiger partial charge >= 0.3 is 0 Å². The Balaban J connectivity index is 2.43. The number of hydrogen-bond acceptors (Lipinski definition) is 0. The Hall–Kier alpha value is -1.30. The van der Waals surface area contributed by atoms with Gasteiger partial charge in [-0.05, 0) is 44.2 Å². The molecule has 16 heavy (non-hydrogen) atoms. The minimum absolute atomic E-state index is 0.133. The lowest BCUT2D eigenvalue weighted by molar-refractivity contribution is 0.373. The summed E-state index contributed by atoms with van der Waals surface area (Å²) in [4.78, 5) is 0. The average molecular weight is 212 g/mol. The highest BCUT2D eigenvalue weighted by Gasteiger charge is 2.35. The van der Waals surface area contributed by atoms with Crippen LogP contribution in [0.15, 0.2) is 48.6 Å². The van der Waals surface area contributed by atoms with Crippen LogP contribution in [0.25, 0.3) is 0 Å². The minimum atomic E-state index is 0.133. The van der Waals surface area contributed by atoms with Gasteiger partial charge in [-0.2, -0.15) is 0 Å². The third-order valence-electron chi connectivity index (χ3n) is 4.07. The van der Waals surface area contributed by atoms with Gasteiger partial charge in [-0.25, -0.2) is 0 Å². The van der Waals surface area contributed by atoms with Gasteiger partial charge in [0.15, 0.2) is 0 Å². The van der Waals surface area contributed by atoms with Gasteiger partial charge < -0.3 is 0 Å². The summed E-state index contributed by atoms with van der Waals surface area (Å²) in [5.74, 6) is 0. The minimum Gasteiger partial charge on any atom is -0.0992 e. The number of aryl methyl sites for hydroxylation is 1. The van der Waals surface area contributed by atoms with E-state index in [0.29, 0.717) is 0 Å². The van der Waals surface area contributed by atoms with Gasteiger partial charge in [0.2, 0.25) is 0 Å². The second-order valence-corrected chi connectivity index (χ2v) is 5.09. The molecule has 0 nitrogen and oxygen atoms in total. The second-order valence-electron chi connectivity index (χ2n) is 5.09. The van der Waals surface area contributed by atoms with Crippen LogP contribution in [0.3, 0.4) is 0 Å². The van der Waals surface area contributed by atoms with Crippen LogP contribution in [0.2, 0.25) is 0 Å². The Kier molecular flexibility index (Phi) is 2.75. The third kappa shape index (κ3) is 1.63. The highest BCUT2D eigenvalue weighted by atomic mass is 14.4. The van der Waals surface area contributed by atoms with Crippen molar-refractivity contribution in [1.29, 1.82) is 0 Å². The van der Waals surface area contributed by atoms with Crippen molar-refractivity contribution in [3.63, 3.8) is 0 Å². The molecule has 1 aromatic rings. The predicted octanol–water partition coefficient (Wildman–Crippen LogP) is 4.31. The van der Waals surface area contributed by atoms with Crippen LogP contribution in [0, 0.1) is 5.41 Å². The Labute approximate surface area is 98.7 Å². The molecule has 0 aliphatic heterocycles. The molecule has 0 N–H and O–H groups in total. The fraction of sp³-hybridized carbons (Fsp3) is 0.375. The first-order chi connectivity index (χ1) is 7.56. The van der Waals surface area contributed by atoms with E-state index in [0.717, 1.165) is 19.3 Å². The molecule has 0 radical (unpaired) electrons. The van der Waals surface area contributed by atoms with E-state index < -0.39 is 0 Å². The molecule has 0 saturated carbocycles. The van der Waals surface area contributed by atoms with Crippen LogP contribution in [-0.2, 0) is 12.8 Å². The lowest BCUT2D eigenvalue weighted by Gasteiger charge is -2.39. The van der Waals surface area contributed by atoms with Crippen LogP contribution in [0.4, 0.5) is 0 Å². The molecule has 0 aromatic heterocycles. The van der Waals surface area contributed by atoms with Gasteiger partial charge in [-0.1, -0.05) is 48.6 Å². The molecule has 0 amide bonds. The molecule has 0 atom stereocenters. The monoisotopic (exact) mass is 212 g/mol. The molecule has 0 saturated heterocycles. The van der Waals surface area contributed by atoms with Crippen molar-refractivity contribution in [3.8, 4) is 0 Å². The third-order valence-corrected chi connectivity index (χ3v) is 4.07. The number of allylic oxidation sites excluding steroid dienone is 2. The largest absolute Gasteiger partial charge is 0.0992 e. The Morgan fingerprint density at radius 3 is 2.19 bits per heavy atom. The quantitative estimate of drug-likeness (QED) is 0.641. The lowest BCUT2D eigenvalue weighted by Crippen LogP contribution is -2.30. The Morgan fingerprint density at radius 1 is 1.06 bits per heavy atom. The fourth-order valence-electron chi connectivity index (χ4n) is 2.83. The van der Waals surface area contributed by atoms with Crippen LogP contribution in [0.1, 0.15) is 31.4 Å². The van der Waals surface area contributed by atoms with Gasteiger partial charge in [0.25, 0.3) is 0 Å². The molecule has 2 rings (SSSR count). The Morgan fingerprint density at radius 2 is 1.62 bits per heavy atom. The van der Waals surface area contributed by atoms with Crippen molar-refractivity contribution in [2.75, 3.05) is 0 Å². The fourth-order valence-corrected chi connectivity index (χ4v) is 2.83. The molecule has 1 aliphatic carbocycles. The highest BCUT2D eigenvalue weighted by molar-refractivity contribution is 5.38. The van der Waals surface area contributed by atoms with E-state index in [4.69, 9.17) is 0 Å². The summed E-state index contributed by atoms with van der Waals surface area (Å²) >= 11 is 0. The number of benzene rings is 1. The first-order valence-electron chi connectivity index (χ1n) is 5.95. The van der Waals surface area contributed by atoms with Gasteiger partial charge in [-0.3, -0.25) is 0 Å². The molecular formula is C16H20. The number of rotatable bonds is 2. The zero-order valence-corrected chi connectivity index (χ0v) is 10.3. The van der Waals surface area contributed by atoms with Crippen molar-refractivity contribution in [1.82, 2.24) is 0 Å². The van der Waals surface area contributed by atoms with E-state index in [1.54, 1.807) is 0 Å². The predicted molar refractivity (Wildman–Crippen MR) is 70.5 cm³/mol. The normalized spacial score (nSPS) is 17.6. The molecule has 0 bridgehead atoms. The van der Waals surface area contributed by atoms with Gasteiger partial charge in [0.1, 0.15) is 0 Å². The molecule has 1 aromatic carbocycles. The summed E-state index contributed by atoms with van der Waals surface area (Å²) in [5.41, 5.74) is 5.62. The van der Waals surface area contributed by atoms with Crippen LogP contribution < -0.4 is 0 Å². The van der Waals surface area contributed by atoms with E-state index in [-0.39, 0.29) is 5.41 Å². The number of fused-ring (bicyclic) bond motifs is 1. The SMILES string of the molecule is C=C(C)C1(C(=C)C)CCc2ccccc2C1. The van der Waals surface area contributed by atoms with E-state index in [1.165, 1.54) is 22.3 Å². The summed E-state index contributed by atoms with van der Waals surface area (Å²) in [6, 6.07) is 8.75. The molecule has 0 fully saturated rings. The molecule has 0 unspecified atom stereocenters. The molecule has 0 spiro atoms. The average Bonchev–Trinajstić information content (AvgIpc) is 2.27. The smallest absolute Gasteiger partial charge is 0.0153 e. The highest BCUT2D eigenvalue weighted by Crippen LogP contribution is 2.45. The summed E-state index contributed by atoms with van der Waals surface area (Å²) in [7, 11) is 0. The molecular weight excluding hydrogens is 192 g/mol. The maximum absolute atomic E-state index is 4.18. The second kappa shape index (κ2) is 3.93. The first-order valence-corrected chi connectivity index (χ1v) is 5.95. The zero-order chi connectivity index (χ0) is 11.8. The summed E-state index contributed by atoms with van der Waals surface area (Å²) in [6.45, 7) is 12.7. The van der Waals surface area contributed by atoms with Crippen molar-refractivity contribution in [2.45, 2.75) is 33.1 Å².